The average molecular weight is 274 g/mol. The van der Waals surface area contributed by atoms with Gasteiger partial charge in [-0.2, -0.15) is 4.98 Å². The molecule has 1 aliphatic carbocycles. The Kier molecular flexibility index (Phi) is 3.58. The van der Waals surface area contributed by atoms with Gasteiger partial charge in [0.2, 0.25) is 11.7 Å². The van der Waals surface area contributed by atoms with Crippen LogP contribution < -0.4 is 0 Å². The highest BCUT2D eigenvalue weighted by Crippen LogP contribution is 2.29. The first-order chi connectivity index (χ1) is 9.74. The van der Waals surface area contributed by atoms with Gasteiger partial charge in [-0.05, 0) is 37.1 Å². The van der Waals surface area contributed by atoms with Gasteiger partial charge in [0.25, 0.3) is 0 Å². The van der Waals surface area contributed by atoms with Gasteiger partial charge in [0.1, 0.15) is 11.6 Å². The average Bonchev–Trinajstić information content (AvgIpc) is 2.83. The van der Waals surface area contributed by atoms with Crippen LogP contribution in [0, 0.1) is 5.82 Å². The van der Waals surface area contributed by atoms with E-state index in [2.05, 4.69) is 10.1 Å². The lowest BCUT2D eigenvalue weighted by molar-refractivity contribution is -0.120. The van der Waals surface area contributed by atoms with E-state index in [9.17, 15) is 9.18 Å². The summed E-state index contributed by atoms with van der Waals surface area (Å²) >= 11 is 0. The zero-order valence-corrected chi connectivity index (χ0v) is 11.0. The van der Waals surface area contributed by atoms with Gasteiger partial charge in [0, 0.05) is 12.0 Å². The molecule has 1 unspecified atom stereocenters. The number of aromatic nitrogens is 2. The van der Waals surface area contributed by atoms with Gasteiger partial charge in [-0.15, -0.1) is 0 Å². The molecule has 0 saturated heterocycles. The van der Waals surface area contributed by atoms with E-state index in [0.29, 0.717) is 23.7 Å². The van der Waals surface area contributed by atoms with Crippen molar-refractivity contribution in [3.8, 4) is 11.4 Å². The Morgan fingerprint density at radius 1 is 1.15 bits per heavy atom. The number of Topliss-reactive ketones (excluding diaryl/α,β-unsaturated/α-hetero) is 1. The number of nitrogens with zero attached hydrogens (tertiary/aromatic N) is 2. The molecule has 1 aromatic heterocycles. The minimum absolute atomic E-state index is 0.178. The van der Waals surface area contributed by atoms with Crippen molar-refractivity contribution in [1.82, 2.24) is 10.1 Å². The zero-order valence-electron chi connectivity index (χ0n) is 11.0. The molecule has 0 spiro atoms. The van der Waals surface area contributed by atoms with E-state index in [4.69, 9.17) is 4.52 Å². The Hall–Kier alpha value is -2.04. The number of hydrogen-bond donors (Lipinski definition) is 0. The Labute approximate surface area is 116 Å². The molecule has 0 amide bonds. The van der Waals surface area contributed by atoms with Gasteiger partial charge in [0.05, 0.1) is 5.92 Å². The summed E-state index contributed by atoms with van der Waals surface area (Å²) in [5.74, 6) is 0.376. The van der Waals surface area contributed by atoms with Crippen molar-refractivity contribution in [1.29, 1.82) is 0 Å². The molecule has 5 heteroatoms. The second-order valence-electron chi connectivity index (χ2n) is 5.08. The summed E-state index contributed by atoms with van der Waals surface area (Å²) < 4.78 is 18.1. The van der Waals surface area contributed by atoms with Crippen molar-refractivity contribution < 1.29 is 13.7 Å². The lowest BCUT2D eigenvalue weighted by Crippen LogP contribution is -2.10. The van der Waals surface area contributed by atoms with E-state index >= 15 is 0 Å². The molecule has 0 aliphatic heterocycles. The maximum absolute atomic E-state index is 12.9. The quantitative estimate of drug-likeness (QED) is 0.786. The van der Waals surface area contributed by atoms with Gasteiger partial charge in [0.15, 0.2) is 0 Å². The number of benzene rings is 1. The standard InChI is InChI=1S/C15H15FN2O2/c16-11-8-6-10(7-9-11)14-17-15(20-18-14)12-4-2-1-3-5-13(12)19/h6-9,12H,1-5H2. The van der Waals surface area contributed by atoms with Crippen LogP contribution in [0.2, 0.25) is 0 Å². The summed E-state index contributed by atoms with van der Waals surface area (Å²) in [5, 5.41) is 3.90. The monoisotopic (exact) mass is 274 g/mol. The maximum Gasteiger partial charge on any atom is 0.237 e. The molecule has 20 heavy (non-hydrogen) atoms. The van der Waals surface area contributed by atoms with Crippen LogP contribution in [0.15, 0.2) is 28.8 Å². The van der Waals surface area contributed by atoms with Crippen LogP contribution in [0.25, 0.3) is 11.4 Å². The minimum atomic E-state index is -0.309. The van der Waals surface area contributed by atoms with Gasteiger partial charge < -0.3 is 4.52 Å². The molecule has 1 heterocycles. The van der Waals surface area contributed by atoms with Crippen LogP contribution in [0.5, 0.6) is 0 Å². The normalized spacial score (nSPS) is 19.9. The Bertz CT molecular complexity index is 607. The molecule has 0 radical (unpaired) electrons. The first-order valence-corrected chi connectivity index (χ1v) is 6.86. The third-order valence-electron chi connectivity index (χ3n) is 3.65. The number of carbonyl (C=O) groups is 1. The van der Waals surface area contributed by atoms with Crippen LogP contribution in [0.4, 0.5) is 4.39 Å². The molecule has 0 N–H and O–H groups in total. The highest BCUT2D eigenvalue weighted by atomic mass is 19.1. The van der Waals surface area contributed by atoms with Gasteiger partial charge in [-0.1, -0.05) is 18.0 Å². The first-order valence-electron chi connectivity index (χ1n) is 6.86. The van der Waals surface area contributed by atoms with E-state index in [-0.39, 0.29) is 17.5 Å². The molecular weight excluding hydrogens is 259 g/mol. The number of carbonyl (C=O) groups excluding carboxylic acids is 1. The molecule has 1 saturated carbocycles. The highest BCUT2D eigenvalue weighted by Gasteiger charge is 2.27. The van der Waals surface area contributed by atoms with Crippen molar-refractivity contribution in [3.05, 3.63) is 36.0 Å². The lowest BCUT2D eigenvalue weighted by atomic mass is 9.99. The molecule has 4 nitrogen and oxygen atoms in total. The van der Waals surface area contributed by atoms with E-state index in [1.165, 1.54) is 12.1 Å². The molecule has 0 bridgehead atoms. The SMILES string of the molecule is O=C1CCCCCC1c1nc(-c2ccc(F)cc2)no1. The predicted octanol–water partition coefficient (Wildman–Crippen LogP) is 3.49. The molecule has 1 aliphatic rings. The molecular formula is C15H15FN2O2. The van der Waals surface area contributed by atoms with Crippen molar-refractivity contribution in [2.24, 2.45) is 0 Å². The summed E-state index contributed by atoms with van der Waals surface area (Å²) in [6.07, 6.45) is 4.36. The third kappa shape index (κ3) is 2.61. The summed E-state index contributed by atoms with van der Waals surface area (Å²) in [6.45, 7) is 0. The van der Waals surface area contributed by atoms with Gasteiger partial charge in [-0.3, -0.25) is 4.79 Å². The molecule has 1 aromatic carbocycles. The second kappa shape index (κ2) is 5.53. The zero-order chi connectivity index (χ0) is 13.9. The fourth-order valence-corrected chi connectivity index (χ4v) is 2.51. The van der Waals surface area contributed by atoms with Crippen molar-refractivity contribution in [2.75, 3.05) is 0 Å². The Morgan fingerprint density at radius 2 is 1.95 bits per heavy atom. The maximum atomic E-state index is 12.9. The number of rotatable bonds is 2. The molecule has 1 atom stereocenters. The number of hydrogen-bond acceptors (Lipinski definition) is 4. The molecule has 104 valence electrons. The Morgan fingerprint density at radius 3 is 2.75 bits per heavy atom. The van der Waals surface area contributed by atoms with E-state index in [1.54, 1.807) is 12.1 Å². The lowest BCUT2D eigenvalue weighted by Gasteiger charge is -2.06. The topological polar surface area (TPSA) is 56.0 Å². The minimum Gasteiger partial charge on any atom is -0.338 e. The molecule has 3 rings (SSSR count). The smallest absolute Gasteiger partial charge is 0.237 e. The second-order valence-corrected chi connectivity index (χ2v) is 5.08. The summed E-state index contributed by atoms with van der Waals surface area (Å²) in [4.78, 5) is 16.3. The fraction of sp³-hybridized carbons (Fsp3) is 0.400. The molecule has 1 fully saturated rings. The number of halogens is 1. The number of ketones is 1. The summed E-state index contributed by atoms with van der Waals surface area (Å²) in [6, 6.07) is 5.89. The van der Waals surface area contributed by atoms with Crippen molar-refractivity contribution >= 4 is 5.78 Å². The van der Waals surface area contributed by atoms with Crippen LogP contribution in [-0.2, 0) is 4.79 Å². The summed E-state index contributed by atoms with van der Waals surface area (Å²) in [5.41, 5.74) is 0.683. The third-order valence-corrected chi connectivity index (χ3v) is 3.65. The Balaban J connectivity index is 1.85. The predicted molar refractivity (Wildman–Crippen MR) is 70.5 cm³/mol. The van der Waals surface area contributed by atoms with Crippen LogP contribution in [0.3, 0.4) is 0 Å². The van der Waals surface area contributed by atoms with E-state index in [0.717, 1.165) is 25.7 Å². The van der Waals surface area contributed by atoms with E-state index in [1.807, 2.05) is 0 Å². The van der Waals surface area contributed by atoms with Crippen molar-refractivity contribution in [2.45, 2.75) is 38.0 Å². The summed E-state index contributed by atoms with van der Waals surface area (Å²) in [7, 11) is 0. The van der Waals surface area contributed by atoms with Gasteiger partial charge >= 0.3 is 0 Å². The molecule has 2 aromatic rings. The first kappa shape index (κ1) is 13.0. The van der Waals surface area contributed by atoms with Crippen LogP contribution >= 0.6 is 0 Å². The van der Waals surface area contributed by atoms with Crippen molar-refractivity contribution in [3.63, 3.8) is 0 Å². The van der Waals surface area contributed by atoms with E-state index < -0.39 is 0 Å². The fourth-order valence-electron chi connectivity index (χ4n) is 2.51. The largest absolute Gasteiger partial charge is 0.338 e. The van der Waals surface area contributed by atoms with Gasteiger partial charge in [-0.25, -0.2) is 4.39 Å². The van der Waals surface area contributed by atoms with Crippen LogP contribution in [0.1, 0.15) is 43.9 Å². The van der Waals surface area contributed by atoms with Crippen LogP contribution in [-0.4, -0.2) is 15.9 Å². The highest BCUT2D eigenvalue weighted by molar-refractivity contribution is 5.85.